The Morgan fingerprint density at radius 1 is 1.42 bits per heavy atom. The Hall–Kier alpha value is -1.52. The van der Waals surface area contributed by atoms with Crippen LogP contribution in [-0.4, -0.2) is 36.5 Å². The first kappa shape index (κ1) is 13.9. The summed E-state index contributed by atoms with van der Waals surface area (Å²) in [5.41, 5.74) is 1.43. The van der Waals surface area contributed by atoms with Crippen LogP contribution >= 0.6 is 12.4 Å². The summed E-state index contributed by atoms with van der Waals surface area (Å²) in [5, 5.41) is 4.18. The van der Waals surface area contributed by atoms with Crippen LogP contribution in [0.2, 0.25) is 0 Å². The maximum Gasteiger partial charge on any atom is 0.258 e. The normalized spacial score (nSPS) is 19.2. The number of amides is 1. The fraction of sp³-hybridized carbons (Fsp3) is 0.357. The second-order valence-corrected chi connectivity index (χ2v) is 4.70. The van der Waals surface area contributed by atoms with E-state index in [9.17, 15) is 4.79 Å². The van der Waals surface area contributed by atoms with E-state index in [-0.39, 0.29) is 24.4 Å². The third-order valence-corrected chi connectivity index (χ3v) is 3.47. The summed E-state index contributed by atoms with van der Waals surface area (Å²) in [4.78, 5) is 14.4. The summed E-state index contributed by atoms with van der Waals surface area (Å²) in [6, 6.07) is 7.87. The van der Waals surface area contributed by atoms with Gasteiger partial charge in [-0.3, -0.25) is 4.79 Å². The third kappa shape index (κ3) is 2.46. The van der Waals surface area contributed by atoms with Gasteiger partial charge in [0, 0.05) is 31.1 Å². The number of nitrogens with one attached hydrogen (secondary N) is 1. The van der Waals surface area contributed by atoms with Crippen LogP contribution < -0.4 is 5.32 Å². The van der Waals surface area contributed by atoms with Gasteiger partial charge in [-0.15, -0.1) is 12.4 Å². The predicted octanol–water partition coefficient (Wildman–Crippen LogP) is 2.29. The lowest BCUT2D eigenvalue weighted by Gasteiger charge is -2.33. The number of hydrogen-bond acceptors (Lipinski definition) is 3. The summed E-state index contributed by atoms with van der Waals surface area (Å²) < 4.78 is 5.43. The van der Waals surface area contributed by atoms with Gasteiger partial charge in [0.05, 0.1) is 5.56 Å². The van der Waals surface area contributed by atoms with Crippen molar-refractivity contribution in [3.63, 3.8) is 0 Å². The Bertz CT molecular complexity index is 582. The van der Waals surface area contributed by atoms with Crippen LogP contribution in [-0.2, 0) is 0 Å². The summed E-state index contributed by atoms with van der Waals surface area (Å²) in [7, 11) is 0. The number of para-hydroxylation sites is 1. The Labute approximate surface area is 118 Å². The predicted molar refractivity (Wildman–Crippen MR) is 76.8 cm³/mol. The number of hydrogen-bond donors (Lipinski definition) is 1. The number of nitrogens with zero attached hydrogens (tertiary/aromatic N) is 1. The number of carbonyl (C=O) groups is 1. The van der Waals surface area contributed by atoms with Crippen molar-refractivity contribution >= 4 is 29.3 Å². The standard InChI is InChI=1S/C14H16N2O2.ClH/c1-10-8-15-6-7-16(10)14(17)12-9-18-13-5-3-2-4-11(12)13;/h2-5,9-10,15H,6-8H2,1H3;1H. The Morgan fingerprint density at radius 2 is 2.21 bits per heavy atom. The van der Waals surface area contributed by atoms with Gasteiger partial charge >= 0.3 is 0 Å². The highest BCUT2D eigenvalue weighted by atomic mass is 35.5. The number of fused-ring (bicyclic) bond motifs is 1. The summed E-state index contributed by atoms with van der Waals surface area (Å²) in [6.07, 6.45) is 1.57. The fourth-order valence-corrected chi connectivity index (χ4v) is 2.44. The minimum absolute atomic E-state index is 0. The van der Waals surface area contributed by atoms with E-state index in [1.165, 1.54) is 0 Å². The van der Waals surface area contributed by atoms with Gasteiger partial charge in [0.2, 0.25) is 0 Å². The Kier molecular flexibility index (Phi) is 4.12. The van der Waals surface area contributed by atoms with Crippen molar-refractivity contribution in [3.8, 4) is 0 Å². The van der Waals surface area contributed by atoms with Crippen LogP contribution in [0.5, 0.6) is 0 Å². The number of piperazine rings is 1. The molecular formula is C14H17ClN2O2. The van der Waals surface area contributed by atoms with E-state index < -0.39 is 0 Å². The van der Waals surface area contributed by atoms with Gasteiger partial charge < -0.3 is 14.6 Å². The molecule has 0 bridgehead atoms. The van der Waals surface area contributed by atoms with Crippen LogP contribution in [0.1, 0.15) is 17.3 Å². The highest BCUT2D eigenvalue weighted by Crippen LogP contribution is 2.23. The molecular weight excluding hydrogens is 264 g/mol. The lowest BCUT2D eigenvalue weighted by atomic mass is 10.1. The van der Waals surface area contributed by atoms with Crippen molar-refractivity contribution in [2.75, 3.05) is 19.6 Å². The largest absolute Gasteiger partial charge is 0.463 e. The first-order valence-electron chi connectivity index (χ1n) is 6.25. The summed E-state index contributed by atoms with van der Waals surface area (Å²) in [6.45, 7) is 4.51. The molecule has 2 aromatic rings. The lowest BCUT2D eigenvalue weighted by Crippen LogP contribution is -2.52. The molecule has 4 nitrogen and oxygen atoms in total. The van der Waals surface area contributed by atoms with Crippen molar-refractivity contribution in [3.05, 3.63) is 36.1 Å². The van der Waals surface area contributed by atoms with E-state index >= 15 is 0 Å². The minimum atomic E-state index is 0. The molecule has 1 saturated heterocycles. The summed E-state index contributed by atoms with van der Waals surface area (Å²) in [5.74, 6) is 0.0638. The van der Waals surface area contributed by atoms with Gasteiger partial charge in [0.15, 0.2) is 0 Å². The Morgan fingerprint density at radius 3 is 3.00 bits per heavy atom. The maximum atomic E-state index is 12.5. The van der Waals surface area contributed by atoms with Gasteiger partial charge in [-0.1, -0.05) is 18.2 Å². The third-order valence-electron chi connectivity index (χ3n) is 3.47. The number of furan rings is 1. The van der Waals surface area contributed by atoms with Crippen LogP contribution in [0.4, 0.5) is 0 Å². The molecule has 0 aliphatic carbocycles. The number of halogens is 1. The Balaban J connectivity index is 0.00000133. The molecule has 1 aliphatic heterocycles. The highest BCUT2D eigenvalue weighted by Gasteiger charge is 2.26. The van der Waals surface area contributed by atoms with Crippen molar-refractivity contribution in [1.82, 2.24) is 10.2 Å². The molecule has 0 radical (unpaired) electrons. The molecule has 1 amide bonds. The van der Waals surface area contributed by atoms with E-state index in [1.807, 2.05) is 29.2 Å². The van der Waals surface area contributed by atoms with Gasteiger partial charge in [-0.25, -0.2) is 0 Å². The quantitative estimate of drug-likeness (QED) is 0.872. The molecule has 3 rings (SSSR count). The second-order valence-electron chi connectivity index (χ2n) is 4.70. The van der Waals surface area contributed by atoms with Crippen molar-refractivity contribution in [2.24, 2.45) is 0 Å². The average molecular weight is 281 g/mol. The lowest BCUT2D eigenvalue weighted by molar-refractivity contribution is 0.0657. The van der Waals surface area contributed by atoms with Crippen molar-refractivity contribution in [1.29, 1.82) is 0 Å². The van der Waals surface area contributed by atoms with E-state index in [4.69, 9.17) is 4.42 Å². The molecule has 1 N–H and O–H groups in total. The van der Waals surface area contributed by atoms with E-state index in [1.54, 1.807) is 6.26 Å². The molecule has 102 valence electrons. The molecule has 5 heteroatoms. The summed E-state index contributed by atoms with van der Waals surface area (Å²) >= 11 is 0. The van der Waals surface area contributed by atoms with Crippen LogP contribution in [0.3, 0.4) is 0 Å². The minimum Gasteiger partial charge on any atom is -0.463 e. The van der Waals surface area contributed by atoms with Gasteiger partial charge in [-0.05, 0) is 13.0 Å². The maximum absolute atomic E-state index is 12.5. The van der Waals surface area contributed by atoms with Gasteiger partial charge in [-0.2, -0.15) is 0 Å². The highest BCUT2D eigenvalue weighted by molar-refractivity contribution is 6.06. The average Bonchev–Trinajstić information content (AvgIpc) is 2.82. The zero-order valence-corrected chi connectivity index (χ0v) is 11.6. The van der Waals surface area contributed by atoms with E-state index in [2.05, 4.69) is 12.2 Å². The molecule has 0 saturated carbocycles. The molecule has 0 spiro atoms. The molecule has 1 atom stereocenters. The molecule has 1 unspecified atom stereocenters. The smallest absolute Gasteiger partial charge is 0.258 e. The first-order valence-corrected chi connectivity index (χ1v) is 6.25. The number of benzene rings is 1. The first-order chi connectivity index (χ1) is 8.77. The molecule has 1 aliphatic rings. The zero-order valence-electron chi connectivity index (χ0n) is 10.8. The van der Waals surface area contributed by atoms with Crippen LogP contribution in [0, 0.1) is 0 Å². The van der Waals surface area contributed by atoms with E-state index in [0.29, 0.717) is 5.56 Å². The van der Waals surface area contributed by atoms with Gasteiger partial charge in [0.25, 0.3) is 5.91 Å². The topological polar surface area (TPSA) is 45.5 Å². The second kappa shape index (κ2) is 5.63. The number of carbonyl (C=O) groups excluding carboxylic acids is 1. The zero-order chi connectivity index (χ0) is 12.5. The van der Waals surface area contributed by atoms with Crippen LogP contribution in [0.25, 0.3) is 11.0 Å². The van der Waals surface area contributed by atoms with Crippen LogP contribution in [0.15, 0.2) is 34.9 Å². The van der Waals surface area contributed by atoms with Gasteiger partial charge in [0.1, 0.15) is 11.8 Å². The number of rotatable bonds is 1. The van der Waals surface area contributed by atoms with Crippen molar-refractivity contribution in [2.45, 2.75) is 13.0 Å². The van der Waals surface area contributed by atoms with Crippen molar-refractivity contribution < 1.29 is 9.21 Å². The SMILES string of the molecule is CC1CNCCN1C(=O)c1coc2ccccc12.Cl. The fourth-order valence-electron chi connectivity index (χ4n) is 2.44. The monoisotopic (exact) mass is 280 g/mol. The molecule has 1 fully saturated rings. The molecule has 1 aromatic carbocycles. The molecule has 2 heterocycles. The molecule has 19 heavy (non-hydrogen) atoms. The molecule has 1 aromatic heterocycles. The van der Waals surface area contributed by atoms with E-state index in [0.717, 1.165) is 30.6 Å².